The van der Waals surface area contributed by atoms with Gasteiger partial charge in [0.2, 0.25) is 10.0 Å². The summed E-state index contributed by atoms with van der Waals surface area (Å²) in [5.74, 6) is 0.160. The van der Waals surface area contributed by atoms with Crippen molar-refractivity contribution in [2.75, 3.05) is 31.5 Å². The number of aryl methyl sites for hydroxylation is 1. The summed E-state index contributed by atoms with van der Waals surface area (Å²) < 4.78 is 41.4. The number of halogens is 1. The Morgan fingerprint density at radius 1 is 1.18 bits per heavy atom. The van der Waals surface area contributed by atoms with Gasteiger partial charge in [-0.05, 0) is 73.2 Å². The second kappa shape index (κ2) is 10.1. The third-order valence-corrected chi connectivity index (χ3v) is 9.33. The van der Waals surface area contributed by atoms with Crippen LogP contribution < -0.4 is 5.32 Å². The smallest absolute Gasteiger partial charge is 0.217 e. The maximum Gasteiger partial charge on any atom is 0.217 e. The van der Waals surface area contributed by atoms with E-state index in [9.17, 15) is 12.8 Å². The van der Waals surface area contributed by atoms with Gasteiger partial charge in [-0.2, -0.15) is 4.31 Å². The molecule has 1 aliphatic carbocycles. The molecule has 1 atom stereocenters. The number of hydrogen-bond acceptors (Lipinski definition) is 5. The van der Waals surface area contributed by atoms with E-state index in [1.54, 1.807) is 16.4 Å². The molecule has 1 heterocycles. The van der Waals surface area contributed by atoms with Crippen molar-refractivity contribution < 1.29 is 12.8 Å². The molecule has 1 saturated carbocycles. The standard InChI is InChI=1S/C26H35FN4O2S/c1-18(2)16-30-11-12-31(34(32,33)23-5-4-6-23)17-26(30)24-14-20(15-28)25(13-19(24)3)29-22-9-7-21(27)8-10-22/h7-10,13-15,18,23,26,28-29H,4-6,11-12,16-17H2,1-3H3/t26-/m0/s1. The van der Waals surface area contributed by atoms with E-state index in [1.165, 1.54) is 18.3 Å². The zero-order valence-electron chi connectivity index (χ0n) is 20.2. The molecule has 2 aliphatic rings. The normalized spacial score (nSPS) is 20.3. The van der Waals surface area contributed by atoms with Gasteiger partial charge in [-0.1, -0.05) is 20.3 Å². The third kappa shape index (κ3) is 5.19. The van der Waals surface area contributed by atoms with Gasteiger partial charge in [-0.15, -0.1) is 0 Å². The molecule has 0 bridgehead atoms. The van der Waals surface area contributed by atoms with Gasteiger partial charge in [0.05, 0.1) is 5.25 Å². The van der Waals surface area contributed by atoms with Crippen molar-refractivity contribution in [1.29, 1.82) is 5.41 Å². The molecule has 0 radical (unpaired) electrons. The molecule has 184 valence electrons. The van der Waals surface area contributed by atoms with Crippen molar-refractivity contribution in [2.24, 2.45) is 5.92 Å². The lowest BCUT2D eigenvalue weighted by Gasteiger charge is -2.44. The molecule has 4 rings (SSSR count). The predicted octanol–water partition coefficient (Wildman–Crippen LogP) is 5.07. The fourth-order valence-electron chi connectivity index (χ4n) is 4.91. The molecule has 1 saturated heterocycles. The summed E-state index contributed by atoms with van der Waals surface area (Å²) in [5, 5.41) is 11.1. The van der Waals surface area contributed by atoms with Crippen LogP contribution in [0.2, 0.25) is 0 Å². The van der Waals surface area contributed by atoms with Crippen molar-refractivity contribution in [2.45, 2.75) is 51.3 Å². The number of rotatable bonds is 8. The lowest BCUT2D eigenvalue weighted by atomic mass is 9.94. The van der Waals surface area contributed by atoms with Gasteiger partial charge in [-0.25, -0.2) is 12.8 Å². The number of anilines is 2. The Labute approximate surface area is 202 Å². The molecule has 2 fully saturated rings. The van der Waals surface area contributed by atoms with Gasteiger partial charge in [0.25, 0.3) is 0 Å². The Morgan fingerprint density at radius 2 is 1.88 bits per heavy atom. The van der Waals surface area contributed by atoms with E-state index in [-0.39, 0.29) is 17.1 Å². The largest absolute Gasteiger partial charge is 0.355 e. The number of hydrogen-bond donors (Lipinski definition) is 2. The zero-order valence-corrected chi connectivity index (χ0v) is 21.0. The first kappa shape index (κ1) is 24.8. The van der Waals surface area contributed by atoms with E-state index >= 15 is 0 Å². The molecule has 34 heavy (non-hydrogen) atoms. The minimum absolute atomic E-state index is 0.0652. The predicted molar refractivity (Wildman–Crippen MR) is 136 cm³/mol. The summed E-state index contributed by atoms with van der Waals surface area (Å²) in [6.07, 6.45) is 3.83. The highest BCUT2D eigenvalue weighted by molar-refractivity contribution is 7.89. The summed E-state index contributed by atoms with van der Waals surface area (Å²) in [4.78, 5) is 2.39. The maximum absolute atomic E-state index is 13.3. The average molecular weight is 487 g/mol. The average Bonchev–Trinajstić information content (AvgIpc) is 2.74. The second-order valence-corrected chi connectivity index (χ2v) is 12.1. The van der Waals surface area contributed by atoms with E-state index in [0.29, 0.717) is 31.1 Å². The van der Waals surface area contributed by atoms with Gasteiger partial charge < -0.3 is 10.7 Å². The molecule has 0 amide bonds. The zero-order chi connectivity index (χ0) is 24.5. The molecule has 2 aromatic carbocycles. The fourth-order valence-corrected chi connectivity index (χ4v) is 6.94. The maximum atomic E-state index is 13.3. The molecular formula is C26H35FN4O2S. The van der Waals surface area contributed by atoms with Crippen LogP contribution in [0.4, 0.5) is 15.8 Å². The van der Waals surface area contributed by atoms with Crippen LogP contribution in [-0.4, -0.2) is 55.3 Å². The summed E-state index contributed by atoms with van der Waals surface area (Å²) in [5.41, 5.74) is 4.32. The molecule has 0 spiro atoms. The molecule has 8 heteroatoms. The molecule has 1 aliphatic heterocycles. The first-order chi connectivity index (χ1) is 16.2. The highest BCUT2D eigenvalue weighted by Gasteiger charge is 2.40. The van der Waals surface area contributed by atoms with E-state index in [0.717, 1.165) is 48.3 Å². The number of nitrogens with zero attached hydrogens (tertiary/aromatic N) is 2. The molecule has 2 aromatic rings. The van der Waals surface area contributed by atoms with E-state index in [2.05, 4.69) is 24.1 Å². The van der Waals surface area contributed by atoms with Crippen molar-refractivity contribution in [3.8, 4) is 0 Å². The minimum Gasteiger partial charge on any atom is -0.355 e. The van der Waals surface area contributed by atoms with Crippen LogP contribution in [0.3, 0.4) is 0 Å². The first-order valence-corrected chi connectivity index (χ1v) is 13.6. The van der Waals surface area contributed by atoms with Crippen LogP contribution in [0.15, 0.2) is 36.4 Å². The fraction of sp³-hybridized carbons (Fsp3) is 0.500. The topological polar surface area (TPSA) is 76.5 Å². The minimum atomic E-state index is -3.28. The van der Waals surface area contributed by atoms with Gasteiger partial charge >= 0.3 is 0 Å². The van der Waals surface area contributed by atoms with Gasteiger partial charge in [0.15, 0.2) is 0 Å². The number of piperazine rings is 1. The Morgan fingerprint density at radius 3 is 2.47 bits per heavy atom. The van der Waals surface area contributed by atoms with Crippen LogP contribution in [0.25, 0.3) is 0 Å². The summed E-state index contributed by atoms with van der Waals surface area (Å²) in [7, 11) is -3.28. The Bertz CT molecular complexity index is 1130. The van der Waals surface area contributed by atoms with Crippen LogP contribution in [0, 0.1) is 24.1 Å². The van der Waals surface area contributed by atoms with Crippen LogP contribution in [-0.2, 0) is 10.0 Å². The van der Waals surface area contributed by atoms with Gasteiger partial charge in [-0.3, -0.25) is 4.90 Å². The van der Waals surface area contributed by atoms with E-state index < -0.39 is 10.0 Å². The Kier molecular flexibility index (Phi) is 7.40. The second-order valence-electron chi connectivity index (χ2n) is 9.93. The highest BCUT2D eigenvalue weighted by atomic mass is 32.2. The lowest BCUT2D eigenvalue weighted by Crippen LogP contribution is -2.54. The summed E-state index contributed by atoms with van der Waals surface area (Å²) >= 11 is 0. The van der Waals surface area contributed by atoms with Crippen molar-refractivity contribution in [1.82, 2.24) is 9.21 Å². The molecule has 2 N–H and O–H groups in total. The number of nitrogens with one attached hydrogen (secondary N) is 2. The van der Waals surface area contributed by atoms with Crippen molar-refractivity contribution in [3.05, 3.63) is 58.9 Å². The highest BCUT2D eigenvalue weighted by Crippen LogP contribution is 2.36. The van der Waals surface area contributed by atoms with Crippen LogP contribution in [0.1, 0.15) is 55.8 Å². The van der Waals surface area contributed by atoms with Gasteiger partial charge in [0.1, 0.15) is 5.82 Å². The lowest BCUT2D eigenvalue weighted by molar-refractivity contribution is 0.104. The monoisotopic (exact) mass is 486 g/mol. The third-order valence-electron chi connectivity index (χ3n) is 6.96. The van der Waals surface area contributed by atoms with Gasteiger partial charge in [0, 0.05) is 55.4 Å². The molecular weight excluding hydrogens is 451 g/mol. The Hall–Kier alpha value is -2.29. The SMILES string of the molecule is Cc1cc(Nc2ccc(F)cc2)c(C=N)cc1[C@@H]1CN(S(=O)(=O)C2CCC2)CCN1CC(C)C. The molecule has 0 unspecified atom stereocenters. The summed E-state index contributed by atoms with van der Waals surface area (Å²) in [6.45, 7) is 8.95. The Balaban J connectivity index is 1.66. The quantitative estimate of drug-likeness (QED) is 0.511. The van der Waals surface area contributed by atoms with Crippen molar-refractivity contribution in [3.63, 3.8) is 0 Å². The van der Waals surface area contributed by atoms with E-state index in [4.69, 9.17) is 5.41 Å². The number of sulfonamides is 1. The number of benzene rings is 2. The van der Waals surface area contributed by atoms with Crippen molar-refractivity contribution >= 4 is 27.6 Å². The van der Waals surface area contributed by atoms with Crippen LogP contribution in [0.5, 0.6) is 0 Å². The molecule has 0 aromatic heterocycles. The van der Waals surface area contributed by atoms with Crippen LogP contribution >= 0.6 is 0 Å². The molecule has 6 nitrogen and oxygen atoms in total. The first-order valence-electron chi connectivity index (χ1n) is 12.1. The summed E-state index contributed by atoms with van der Waals surface area (Å²) in [6, 6.07) is 10.1. The van der Waals surface area contributed by atoms with E-state index in [1.807, 2.05) is 19.1 Å².